The molecule has 0 aliphatic heterocycles. The molecule has 0 amide bonds. The molecule has 1 unspecified atom stereocenters. The fourth-order valence-corrected chi connectivity index (χ4v) is 3.56. The average molecular weight is 407 g/mol. The van der Waals surface area contributed by atoms with E-state index in [1.54, 1.807) is 10.9 Å². The van der Waals surface area contributed by atoms with E-state index in [1.165, 1.54) is 16.9 Å². The molecule has 9 nitrogen and oxygen atoms in total. The van der Waals surface area contributed by atoms with Crippen LogP contribution in [0.4, 0.5) is 5.82 Å². The minimum Gasteiger partial charge on any atom is -0.360 e. The van der Waals surface area contributed by atoms with Crippen molar-refractivity contribution in [1.82, 2.24) is 33.9 Å². The fraction of sp³-hybridized carbons (Fsp3) is 0.105. The Morgan fingerprint density at radius 1 is 1.14 bits per heavy atom. The zero-order valence-corrected chi connectivity index (χ0v) is 16.0. The molecule has 0 fully saturated rings. The largest absolute Gasteiger partial charge is 0.360 e. The topological polar surface area (TPSA) is 106 Å². The summed E-state index contributed by atoms with van der Waals surface area (Å²) in [6, 6.07) is 10.9. The molecular formula is C19H15ClN8O. The first-order valence-electron chi connectivity index (χ1n) is 8.88. The van der Waals surface area contributed by atoms with Crippen molar-refractivity contribution in [2.24, 2.45) is 0 Å². The maximum atomic E-state index is 13.3. The van der Waals surface area contributed by atoms with Crippen molar-refractivity contribution < 1.29 is 0 Å². The SMILES string of the molecule is CC(Nc1ncnc2nc[nH]c12)c1cc2ncc(Cl)n2c(=O)n1-c1ccccc1. The number of aromatic amines is 1. The quantitative estimate of drug-likeness (QED) is 0.475. The maximum absolute atomic E-state index is 13.3. The number of H-pyrrole nitrogens is 1. The fourth-order valence-electron chi connectivity index (χ4n) is 3.35. The molecule has 4 aromatic heterocycles. The molecule has 0 saturated heterocycles. The lowest BCUT2D eigenvalue weighted by Crippen LogP contribution is -2.30. The lowest BCUT2D eigenvalue weighted by Gasteiger charge is -2.20. The Kier molecular flexibility index (Phi) is 4.02. The Bertz CT molecular complexity index is 1390. The Morgan fingerprint density at radius 3 is 2.79 bits per heavy atom. The summed E-state index contributed by atoms with van der Waals surface area (Å²) in [5, 5.41) is 3.60. The van der Waals surface area contributed by atoms with Gasteiger partial charge in [0.05, 0.1) is 29.9 Å². The summed E-state index contributed by atoms with van der Waals surface area (Å²) in [4.78, 5) is 33.2. The van der Waals surface area contributed by atoms with Gasteiger partial charge in [-0.1, -0.05) is 29.8 Å². The summed E-state index contributed by atoms with van der Waals surface area (Å²) in [6.07, 6.45) is 4.47. The van der Waals surface area contributed by atoms with Crippen LogP contribution < -0.4 is 11.0 Å². The van der Waals surface area contributed by atoms with E-state index in [1.807, 2.05) is 43.3 Å². The highest BCUT2D eigenvalue weighted by Crippen LogP contribution is 2.24. The monoisotopic (exact) mass is 406 g/mol. The van der Waals surface area contributed by atoms with Crippen molar-refractivity contribution in [3.63, 3.8) is 0 Å². The molecule has 0 aliphatic carbocycles. The Morgan fingerprint density at radius 2 is 1.97 bits per heavy atom. The van der Waals surface area contributed by atoms with Crippen LogP contribution in [0.1, 0.15) is 18.7 Å². The highest BCUT2D eigenvalue weighted by Gasteiger charge is 2.19. The summed E-state index contributed by atoms with van der Waals surface area (Å²) < 4.78 is 2.99. The number of para-hydroxylation sites is 1. The molecule has 1 aromatic carbocycles. The summed E-state index contributed by atoms with van der Waals surface area (Å²) in [6.45, 7) is 1.94. The van der Waals surface area contributed by atoms with Gasteiger partial charge in [0.25, 0.3) is 0 Å². The van der Waals surface area contributed by atoms with E-state index in [9.17, 15) is 4.79 Å². The molecule has 2 N–H and O–H groups in total. The van der Waals surface area contributed by atoms with E-state index in [0.717, 1.165) is 5.69 Å². The van der Waals surface area contributed by atoms with E-state index < -0.39 is 0 Å². The van der Waals surface area contributed by atoms with E-state index >= 15 is 0 Å². The first-order valence-corrected chi connectivity index (χ1v) is 9.26. The number of aromatic nitrogens is 7. The van der Waals surface area contributed by atoms with Crippen molar-refractivity contribution in [3.05, 3.63) is 76.6 Å². The lowest BCUT2D eigenvalue weighted by atomic mass is 10.2. The van der Waals surface area contributed by atoms with Crippen LogP contribution in [0, 0.1) is 0 Å². The first-order chi connectivity index (χ1) is 14.1. The van der Waals surface area contributed by atoms with Crippen molar-refractivity contribution in [1.29, 1.82) is 0 Å². The molecule has 0 radical (unpaired) electrons. The summed E-state index contributed by atoms with van der Waals surface area (Å²) in [5.41, 5.74) is 2.87. The number of anilines is 1. The molecule has 0 spiro atoms. The number of hydrogen-bond donors (Lipinski definition) is 2. The number of hydrogen-bond acceptors (Lipinski definition) is 6. The molecule has 1 atom stereocenters. The van der Waals surface area contributed by atoms with Crippen LogP contribution in [0.5, 0.6) is 0 Å². The van der Waals surface area contributed by atoms with Crippen LogP contribution in [0.15, 0.2) is 60.0 Å². The van der Waals surface area contributed by atoms with Gasteiger partial charge in [-0.2, -0.15) is 0 Å². The van der Waals surface area contributed by atoms with Crippen LogP contribution in [-0.4, -0.2) is 33.9 Å². The molecule has 0 aliphatic rings. The second kappa shape index (κ2) is 6.71. The summed E-state index contributed by atoms with van der Waals surface area (Å²) >= 11 is 6.20. The summed E-state index contributed by atoms with van der Waals surface area (Å²) in [7, 11) is 0. The van der Waals surface area contributed by atoms with E-state index in [-0.39, 0.29) is 16.9 Å². The molecule has 5 aromatic rings. The minimum absolute atomic E-state index is 0.261. The van der Waals surface area contributed by atoms with E-state index in [2.05, 4.69) is 30.2 Å². The van der Waals surface area contributed by atoms with E-state index in [4.69, 9.17) is 11.6 Å². The second-order valence-electron chi connectivity index (χ2n) is 6.49. The standard InChI is InChI=1S/C19H15ClN8O/c1-11(26-18-16-17(23-9-22-16)24-10-25-18)13-7-15-21-8-14(20)28(15)19(29)27(13)12-5-3-2-4-6-12/h2-11H,1H3,(H2,22,23,24,25,26). The number of fused-ring (bicyclic) bond motifs is 2. The predicted octanol–water partition coefficient (Wildman–Crippen LogP) is 2.98. The van der Waals surface area contributed by atoms with Crippen LogP contribution in [0.2, 0.25) is 5.15 Å². The molecule has 5 rings (SSSR count). The molecule has 4 heterocycles. The molecule has 29 heavy (non-hydrogen) atoms. The zero-order chi connectivity index (χ0) is 20.0. The van der Waals surface area contributed by atoms with Crippen LogP contribution in [-0.2, 0) is 0 Å². The van der Waals surface area contributed by atoms with Gasteiger partial charge in [-0.3, -0.25) is 4.57 Å². The number of rotatable bonds is 4. The highest BCUT2D eigenvalue weighted by molar-refractivity contribution is 6.29. The van der Waals surface area contributed by atoms with Crippen LogP contribution >= 0.6 is 11.6 Å². The third kappa shape index (κ3) is 2.83. The Hall–Kier alpha value is -3.72. The van der Waals surface area contributed by atoms with Crippen LogP contribution in [0.25, 0.3) is 22.5 Å². The van der Waals surface area contributed by atoms with Gasteiger partial charge in [-0.25, -0.2) is 29.1 Å². The van der Waals surface area contributed by atoms with Crippen molar-refractivity contribution in [2.75, 3.05) is 5.32 Å². The van der Waals surface area contributed by atoms with Gasteiger partial charge < -0.3 is 10.3 Å². The number of nitrogens with one attached hydrogen (secondary N) is 2. The summed E-state index contributed by atoms with van der Waals surface area (Å²) in [5.74, 6) is 0.591. The Labute approximate surface area is 169 Å². The molecule has 144 valence electrons. The van der Waals surface area contributed by atoms with Gasteiger partial charge in [0, 0.05) is 6.07 Å². The second-order valence-corrected chi connectivity index (χ2v) is 6.87. The zero-order valence-electron chi connectivity index (χ0n) is 15.2. The Balaban J connectivity index is 1.69. The lowest BCUT2D eigenvalue weighted by molar-refractivity contribution is 0.739. The average Bonchev–Trinajstić information content (AvgIpc) is 3.36. The third-order valence-corrected chi connectivity index (χ3v) is 4.96. The normalized spacial score (nSPS) is 12.5. The smallest absolute Gasteiger partial charge is 0.339 e. The maximum Gasteiger partial charge on any atom is 0.339 e. The molecule has 0 bridgehead atoms. The molecule has 10 heteroatoms. The van der Waals surface area contributed by atoms with E-state index in [0.29, 0.717) is 28.3 Å². The van der Waals surface area contributed by atoms with Crippen molar-refractivity contribution >= 4 is 34.2 Å². The van der Waals surface area contributed by atoms with Gasteiger partial charge in [0.2, 0.25) is 0 Å². The van der Waals surface area contributed by atoms with Gasteiger partial charge in [-0.15, -0.1) is 0 Å². The molecule has 0 saturated carbocycles. The van der Waals surface area contributed by atoms with Crippen molar-refractivity contribution in [2.45, 2.75) is 13.0 Å². The molecular weight excluding hydrogens is 392 g/mol. The van der Waals surface area contributed by atoms with Gasteiger partial charge >= 0.3 is 5.69 Å². The minimum atomic E-state index is -0.297. The highest BCUT2D eigenvalue weighted by atomic mass is 35.5. The van der Waals surface area contributed by atoms with Crippen LogP contribution in [0.3, 0.4) is 0 Å². The number of halogens is 1. The van der Waals surface area contributed by atoms with Gasteiger partial charge in [0.1, 0.15) is 22.6 Å². The van der Waals surface area contributed by atoms with Crippen molar-refractivity contribution in [3.8, 4) is 5.69 Å². The first kappa shape index (κ1) is 17.4. The van der Waals surface area contributed by atoms with Gasteiger partial charge in [-0.05, 0) is 19.1 Å². The third-order valence-electron chi connectivity index (χ3n) is 4.70. The number of imidazole rings is 2. The number of nitrogens with zero attached hydrogens (tertiary/aromatic N) is 6. The van der Waals surface area contributed by atoms with Gasteiger partial charge in [0.15, 0.2) is 11.5 Å². The number of benzene rings is 1. The predicted molar refractivity (Wildman–Crippen MR) is 110 cm³/mol.